The van der Waals surface area contributed by atoms with Crippen molar-refractivity contribution >= 4 is 11.6 Å². The largest absolute Gasteiger partial charge is 0.457 e. The van der Waals surface area contributed by atoms with Gasteiger partial charge in [-0.1, -0.05) is 32.0 Å². The Hall–Kier alpha value is -2.49. The van der Waals surface area contributed by atoms with Crippen molar-refractivity contribution in [2.45, 2.75) is 40.0 Å². The molecule has 4 heteroatoms. The van der Waals surface area contributed by atoms with Gasteiger partial charge >= 0.3 is 0 Å². The average Bonchev–Trinajstić information content (AvgIpc) is 2.73. The van der Waals surface area contributed by atoms with Crippen molar-refractivity contribution in [2.24, 2.45) is 11.7 Å². The first-order valence-corrected chi connectivity index (χ1v) is 8.93. The topological polar surface area (TPSA) is 64.3 Å². The molecular weight excluding hydrogens is 312 g/mol. The zero-order valence-corrected chi connectivity index (χ0v) is 15.2. The molecule has 1 amide bonds. The van der Waals surface area contributed by atoms with E-state index in [1.54, 1.807) is 0 Å². The smallest absolute Gasteiger partial charge is 0.251 e. The van der Waals surface area contributed by atoms with E-state index in [4.69, 9.17) is 10.5 Å². The quantitative estimate of drug-likeness (QED) is 0.847. The molecule has 0 aliphatic carbocycles. The molecule has 1 aliphatic heterocycles. The monoisotopic (exact) mass is 338 g/mol. The van der Waals surface area contributed by atoms with Crippen molar-refractivity contribution in [3.05, 3.63) is 52.6 Å². The van der Waals surface area contributed by atoms with E-state index in [1.165, 1.54) is 5.56 Å². The van der Waals surface area contributed by atoms with E-state index >= 15 is 0 Å². The van der Waals surface area contributed by atoms with Crippen LogP contribution in [0.2, 0.25) is 0 Å². The molecule has 0 fully saturated rings. The highest BCUT2D eigenvalue weighted by Crippen LogP contribution is 2.39. The molecule has 0 radical (unpaired) electrons. The SMILES string of the molecule is Cc1c2c(cc(NCCC(C)C)c1C(N)=O)Oc1ccccc1CC2. The summed E-state index contributed by atoms with van der Waals surface area (Å²) in [6.07, 6.45) is 2.76. The Morgan fingerprint density at radius 3 is 2.72 bits per heavy atom. The second kappa shape index (κ2) is 7.18. The molecule has 0 bridgehead atoms. The molecule has 25 heavy (non-hydrogen) atoms. The second-order valence-electron chi connectivity index (χ2n) is 7.08. The molecule has 3 N–H and O–H groups in total. The summed E-state index contributed by atoms with van der Waals surface area (Å²) in [5.41, 5.74) is 10.2. The Bertz CT molecular complexity index is 797. The maximum atomic E-state index is 12.1. The number of hydrogen-bond acceptors (Lipinski definition) is 3. The van der Waals surface area contributed by atoms with Crippen molar-refractivity contribution in [2.75, 3.05) is 11.9 Å². The molecule has 0 saturated carbocycles. The fraction of sp³-hybridized carbons (Fsp3) is 0.381. The summed E-state index contributed by atoms with van der Waals surface area (Å²) in [7, 11) is 0. The predicted molar refractivity (Wildman–Crippen MR) is 102 cm³/mol. The highest BCUT2D eigenvalue weighted by atomic mass is 16.5. The summed E-state index contributed by atoms with van der Waals surface area (Å²) in [6, 6.07) is 10.0. The molecule has 4 nitrogen and oxygen atoms in total. The fourth-order valence-corrected chi connectivity index (χ4v) is 3.37. The Kier molecular flexibility index (Phi) is 4.98. The van der Waals surface area contributed by atoms with Crippen molar-refractivity contribution < 1.29 is 9.53 Å². The van der Waals surface area contributed by atoms with Crippen LogP contribution in [-0.4, -0.2) is 12.5 Å². The number of carbonyl (C=O) groups is 1. The molecule has 2 aromatic carbocycles. The van der Waals surface area contributed by atoms with Gasteiger partial charge in [0.25, 0.3) is 5.91 Å². The zero-order chi connectivity index (χ0) is 18.0. The van der Waals surface area contributed by atoms with Gasteiger partial charge in [0.1, 0.15) is 11.5 Å². The lowest BCUT2D eigenvalue weighted by molar-refractivity contribution is 0.100. The van der Waals surface area contributed by atoms with Crippen LogP contribution in [-0.2, 0) is 12.8 Å². The molecule has 0 spiro atoms. The average molecular weight is 338 g/mol. The van der Waals surface area contributed by atoms with E-state index in [0.717, 1.165) is 54.1 Å². The summed E-state index contributed by atoms with van der Waals surface area (Å²) >= 11 is 0. The summed E-state index contributed by atoms with van der Waals surface area (Å²) in [5.74, 6) is 1.91. The number of anilines is 1. The minimum Gasteiger partial charge on any atom is -0.457 e. The molecule has 0 aromatic heterocycles. The van der Waals surface area contributed by atoms with E-state index in [9.17, 15) is 4.79 Å². The number of ether oxygens (including phenoxy) is 1. The second-order valence-corrected chi connectivity index (χ2v) is 7.08. The lowest BCUT2D eigenvalue weighted by Crippen LogP contribution is -2.18. The lowest BCUT2D eigenvalue weighted by Gasteiger charge is -2.19. The molecule has 3 rings (SSSR count). The first-order chi connectivity index (χ1) is 12.0. The predicted octanol–water partition coefficient (Wildman–Crippen LogP) is 4.44. The van der Waals surface area contributed by atoms with Crippen LogP contribution in [0.3, 0.4) is 0 Å². The molecule has 1 aliphatic rings. The Morgan fingerprint density at radius 2 is 2.00 bits per heavy atom. The minimum absolute atomic E-state index is 0.394. The van der Waals surface area contributed by atoms with Crippen molar-refractivity contribution in [3.8, 4) is 11.5 Å². The number of nitrogens with two attached hydrogens (primary N) is 1. The zero-order valence-electron chi connectivity index (χ0n) is 15.2. The number of amides is 1. The van der Waals surface area contributed by atoms with E-state index < -0.39 is 5.91 Å². The van der Waals surface area contributed by atoms with Crippen LogP contribution in [0.15, 0.2) is 30.3 Å². The molecule has 2 aromatic rings. The number of rotatable bonds is 5. The van der Waals surface area contributed by atoms with Crippen LogP contribution >= 0.6 is 0 Å². The standard InChI is InChI=1S/C21H26N2O2/c1-13(2)10-11-23-17-12-19-16(14(3)20(17)21(22)24)9-8-15-6-4-5-7-18(15)25-19/h4-7,12-13,23H,8-11H2,1-3H3,(H2,22,24). The molecule has 1 heterocycles. The number of hydrogen-bond donors (Lipinski definition) is 2. The van der Waals surface area contributed by atoms with Gasteiger partial charge in [-0.25, -0.2) is 0 Å². The summed E-state index contributed by atoms with van der Waals surface area (Å²) in [5, 5.41) is 3.38. The fourth-order valence-electron chi connectivity index (χ4n) is 3.37. The normalized spacial score (nSPS) is 12.8. The Morgan fingerprint density at radius 1 is 1.24 bits per heavy atom. The van der Waals surface area contributed by atoms with E-state index in [0.29, 0.717) is 11.5 Å². The van der Waals surface area contributed by atoms with Crippen molar-refractivity contribution in [1.82, 2.24) is 0 Å². The van der Waals surface area contributed by atoms with Crippen LogP contribution in [0.25, 0.3) is 0 Å². The number of fused-ring (bicyclic) bond motifs is 2. The number of nitrogens with one attached hydrogen (secondary N) is 1. The van der Waals surface area contributed by atoms with Crippen LogP contribution in [0, 0.1) is 12.8 Å². The maximum absolute atomic E-state index is 12.1. The molecular formula is C21H26N2O2. The Labute approximate surface area is 149 Å². The maximum Gasteiger partial charge on any atom is 0.251 e. The first-order valence-electron chi connectivity index (χ1n) is 8.93. The van der Waals surface area contributed by atoms with Gasteiger partial charge in [-0.3, -0.25) is 4.79 Å². The van der Waals surface area contributed by atoms with Gasteiger partial charge in [-0.2, -0.15) is 0 Å². The molecule has 0 unspecified atom stereocenters. The third-order valence-corrected chi connectivity index (χ3v) is 4.79. The van der Waals surface area contributed by atoms with E-state index in [-0.39, 0.29) is 0 Å². The molecule has 132 valence electrons. The summed E-state index contributed by atoms with van der Waals surface area (Å²) < 4.78 is 6.19. The molecule has 0 saturated heterocycles. The Balaban J connectivity index is 2.01. The van der Waals surface area contributed by atoms with Crippen molar-refractivity contribution in [3.63, 3.8) is 0 Å². The number of aryl methyl sites for hydroxylation is 1. The van der Waals surface area contributed by atoms with Gasteiger partial charge in [0.05, 0.1) is 11.3 Å². The van der Waals surface area contributed by atoms with Gasteiger partial charge in [-0.15, -0.1) is 0 Å². The number of benzene rings is 2. The van der Waals surface area contributed by atoms with Gasteiger partial charge < -0.3 is 15.8 Å². The van der Waals surface area contributed by atoms with Crippen LogP contribution < -0.4 is 15.8 Å². The highest BCUT2D eigenvalue weighted by molar-refractivity contribution is 6.01. The molecule has 0 atom stereocenters. The van der Waals surface area contributed by atoms with Crippen LogP contribution in [0.4, 0.5) is 5.69 Å². The van der Waals surface area contributed by atoms with E-state index in [1.807, 2.05) is 31.2 Å². The van der Waals surface area contributed by atoms with E-state index in [2.05, 4.69) is 25.2 Å². The highest BCUT2D eigenvalue weighted by Gasteiger charge is 2.22. The number of carbonyl (C=O) groups excluding carboxylic acids is 1. The van der Waals surface area contributed by atoms with Gasteiger partial charge in [0, 0.05) is 12.6 Å². The summed E-state index contributed by atoms with van der Waals surface area (Å²) in [4.78, 5) is 12.1. The van der Waals surface area contributed by atoms with Crippen molar-refractivity contribution in [1.29, 1.82) is 0 Å². The first kappa shape index (κ1) is 17.3. The van der Waals surface area contributed by atoms with Gasteiger partial charge in [0.2, 0.25) is 0 Å². The summed E-state index contributed by atoms with van der Waals surface area (Å²) in [6.45, 7) is 7.12. The van der Waals surface area contributed by atoms with Gasteiger partial charge in [-0.05, 0) is 54.9 Å². The number of para-hydroxylation sites is 1. The van der Waals surface area contributed by atoms with Crippen LogP contribution in [0.5, 0.6) is 11.5 Å². The third-order valence-electron chi connectivity index (χ3n) is 4.79. The van der Waals surface area contributed by atoms with Crippen LogP contribution in [0.1, 0.15) is 47.3 Å². The number of primary amides is 1. The van der Waals surface area contributed by atoms with Gasteiger partial charge in [0.15, 0.2) is 0 Å². The lowest BCUT2D eigenvalue weighted by atomic mass is 9.94. The third kappa shape index (κ3) is 3.63. The minimum atomic E-state index is -0.394.